The lowest BCUT2D eigenvalue weighted by molar-refractivity contribution is -0.269. The van der Waals surface area contributed by atoms with Crippen molar-refractivity contribution >= 4 is 11.6 Å². The first kappa shape index (κ1) is 16.3. The molecular formula is C20H16O7. The van der Waals surface area contributed by atoms with Crippen molar-refractivity contribution in [1.82, 2.24) is 0 Å². The van der Waals surface area contributed by atoms with Gasteiger partial charge in [-0.2, -0.15) is 0 Å². The van der Waals surface area contributed by atoms with Crippen molar-refractivity contribution in [1.29, 1.82) is 0 Å². The number of aromatic hydroxyl groups is 2. The minimum Gasteiger partial charge on any atom is -0.508 e. The smallest absolute Gasteiger partial charge is 0.208 e. The van der Waals surface area contributed by atoms with E-state index in [-0.39, 0.29) is 28.0 Å². The quantitative estimate of drug-likeness (QED) is 0.557. The molecule has 0 spiro atoms. The second kappa shape index (κ2) is 5.09. The number of fused-ring (bicyclic) bond motifs is 6. The number of carbonyl (C=O) groups is 2. The minimum atomic E-state index is -0.901. The van der Waals surface area contributed by atoms with Crippen LogP contribution < -0.4 is 4.74 Å². The fraction of sp³-hybridized carbons (Fsp3) is 0.300. The van der Waals surface area contributed by atoms with Gasteiger partial charge in [-0.15, -0.1) is 0 Å². The summed E-state index contributed by atoms with van der Waals surface area (Å²) in [5.41, 5.74) is 0.553. The van der Waals surface area contributed by atoms with Crippen LogP contribution in [0.15, 0.2) is 24.3 Å². The van der Waals surface area contributed by atoms with Gasteiger partial charge in [-0.1, -0.05) is 0 Å². The highest BCUT2D eigenvalue weighted by Gasteiger charge is 2.47. The lowest BCUT2D eigenvalue weighted by Gasteiger charge is -2.46. The number of hydrogen-bond donors (Lipinski definition) is 3. The summed E-state index contributed by atoms with van der Waals surface area (Å²) >= 11 is 0. The van der Waals surface area contributed by atoms with E-state index >= 15 is 0 Å². The van der Waals surface area contributed by atoms with Crippen molar-refractivity contribution in [3.05, 3.63) is 52.1 Å². The number of phenols is 2. The van der Waals surface area contributed by atoms with E-state index < -0.39 is 35.3 Å². The molecule has 2 aromatic carbocycles. The number of aliphatic hydroxyl groups is 1. The average Bonchev–Trinajstić information content (AvgIpc) is 2.61. The zero-order valence-corrected chi connectivity index (χ0v) is 14.4. The van der Waals surface area contributed by atoms with Gasteiger partial charge < -0.3 is 24.8 Å². The molecule has 1 fully saturated rings. The van der Waals surface area contributed by atoms with Crippen LogP contribution in [-0.2, 0) is 4.74 Å². The van der Waals surface area contributed by atoms with E-state index in [0.717, 1.165) is 6.07 Å². The van der Waals surface area contributed by atoms with Gasteiger partial charge in [0.1, 0.15) is 23.4 Å². The lowest BCUT2D eigenvalue weighted by Crippen LogP contribution is -2.48. The SMILES string of the molecule is CC12CCC(O)C(O1)c1cc3c(cc1O2)C(=O)c1cc(O)cc(O)c1C3=O. The maximum absolute atomic E-state index is 13.0. The number of phenolic OH excluding ortho intramolecular Hbond substituents is 2. The van der Waals surface area contributed by atoms with Crippen molar-refractivity contribution < 1.29 is 34.4 Å². The van der Waals surface area contributed by atoms with E-state index in [1.807, 2.05) is 0 Å². The van der Waals surface area contributed by atoms with Crippen LogP contribution in [0.4, 0.5) is 0 Å². The molecule has 3 N–H and O–H groups in total. The fourth-order valence-corrected chi connectivity index (χ4v) is 4.14. The van der Waals surface area contributed by atoms with Crippen molar-refractivity contribution in [2.45, 2.75) is 37.8 Å². The van der Waals surface area contributed by atoms with Crippen LogP contribution in [0.2, 0.25) is 0 Å². The topological polar surface area (TPSA) is 113 Å². The van der Waals surface area contributed by atoms with Gasteiger partial charge in [-0.25, -0.2) is 0 Å². The lowest BCUT2D eigenvalue weighted by atomic mass is 9.80. The Balaban J connectivity index is 1.73. The molecular weight excluding hydrogens is 352 g/mol. The Bertz CT molecular complexity index is 1040. The van der Waals surface area contributed by atoms with Crippen LogP contribution in [-0.4, -0.2) is 38.8 Å². The van der Waals surface area contributed by atoms with E-state index in [0.29, 0.717) is 24.2 Å². The average molecular weight is 368 g/mol. The van der Waals surface area contributed by atoms with Crippen LogP contribution in [0.25, 0.3) is 0 Å². The molecule has 5 rings (SSSR count). The number of ether oxygens (including phenoxy) is 2. The molecule has 1 aliphatic carbocycles. The van der Waals surface area contributed by atoms with Crippen LogP contribution in [0.3, 0.4) is 0 Å². The maximum Gasteiger partial charge on any atom is 0.208 e. The first-order valence-corrected chi connectivity index (χ1v) is 8.65. The largest absolute Gasteiger partial charge is 0.508 e. The number of benzene rings is 2. The Morgan fingerprint density at radius 3 is 2.56 bits per heavy atom. The fourth-order valence-electron chi connectivity index (χ4n) is 4.14. The first-order chi connectivity index (χ1) is 12.8. The summed E-state index contributed by atoms with van der Waals surface area (Å²) in [5.74, 6) is -2.28. The normalized spacial score (nSPS) is 28.1. The molecule has 138 valence electrons. The molecule has 3 atom stereocenters. The molecule has 2 bridgehead atoms. The predicted molar refractivity (Wildman–Crippen MR) is 91.2 cm³/mol. The van der Waals surface area contributed by atoms with Gasteiger partial charge >= 0.3 is 0 Å². The van der Waals surface area contributed by atoms with Crippen molar-refractivity contribution in [3.8, 4) is 17.2 Å². The third kappa shape index (κ3) is 2.15. The van der Waals surface area contributed by atoms with E-state index in [4.69, 9.17) is 9.47 Å². The molecule has 0 radical (unpaired) electrons. The standard InChI is InChI=1S/C20H16O7/c1-20-3-2-13(22)19(27-20)11-6-9-10(7-15(11)26-20)17(24)12-4-8(21)5-14(23)16(12)18(9)25/h4-7,13,19,21-23H,2-3H2,1H3. The number of hydrogen-bond acceptors (Lipinski definition) is 7. The van der Waals surface area contributed by atoms with Crippen molar-refractivity contribution in [2.24, 2.45) is 0 Å². The van der Waals surface area contributed by atoms with Crippen molar-refractivity contribution in [2.75, 3.05) is 0 Å². The van der Waals surface area contributed by atoms with Gasteiger partial charge in [-0.3, -0.25) is 9.59 Å². The van der Waals surface area contributed by atoms with E-state index in [9.17, 15) is 24.9 Å². The van der Waals surface area contributed by atoms with Crippen LogP contribution in [0.1, 0.15) is 63.3 Å². The zero-order chi connectivity index (χ0) is 19.1. The van der Waals surface area contributed by atoms with E-state index in [1.165, 1.54) is 18.2 Å². The summed E-state index contributed by atoms with van der Waals surface area (Å²) in [5, 5.41) is 30.1. The molecule has 3 aliphatic rings. The summed E-state index contributed by atoms with van der Waals surface area (Å²) in [6.45, 7) is 1.77. The van der Waals surface area contributed by atoms with E-state index in [1.54, 1.807) is 6.92 Å². The molecule has 0 saturated carbocycles. The van der Waals surface area contributed by atoms with Gasteiger partial charge in [0, 0.05) is 41.7 Å². The number of aliphatic hydroxyl groups excluding tert-OH is 1. The highest BCUT2D eigenvalue weighted by Crippen LogP contribution is 2.48. The molecule has 27 heavy (non-hydrogen) atoms. The Labute approximate surface area is 153 Å². The van der Waals surface area contributed by atoms with Gasteiger partial charge in [0.25, 0.3) is 0 Å². The molecule has 2 aliphatic heterocycles. The van der Waals surface area contributed by atoms with Gasteiger partial charge in [0.05, 0.1) is 11.7 Å². The number of rotatable bonds is 0. The van der Waals surface area contributed by atoms with Crippen LogP contribution >= 0.6 is 0 Å². The number of carbonyl (C=O) groups excluding carboxylic acids is 2. The predicted octanol–water partition coefficient (Wildman–Crippen LogP) is 2.19. The second-order valence-corrected chi connectivity index (χ2v) is 7.36. The van der Waals surface area contributed by atoms with Gasteiger partial charge in [0.15, 0.2) is 11.6 Å². The molecule has 2 heterocycles. The Hall–Kier alpha value is -2.90. The molecule has 0 amide bonds. The summed E-state index contributed by atoms with van der Waals surface area (Å²) in [4.78, 5) is 25.9. The molecule has 1 saturated heterocycles. The monoisotopic (exact) mass is 368 g/mol. The van der Waals surface area contributed by atoms with Crippen molar-refractivity contribution in [3.63, 3.8) is 0 Å². The van der Waals surface area contributed by atoms with E-state index in [2.05, 4.69) is 0 Å². The molecule has 7 heteroatoms. The van der Waals surface area contributed by atoms with Crippen LogP contribution in [0, 0.1) is 0 Å². The maximum atomic E-state index is 13.0. The number of ketones is 2. The van der Waals surface area contributed by atoms with Crippen LogP contribution in [0.5, 0.6) is 17.2 Å². The zero-order valence-electron chi connectivity index (χ0n) is 14.4. The van der Waals surface area contributed by atoms with Gasteiger partial charge in [-0.05, 0) is 24.6 Å². The minimum absolute atomic E-state index is 0.0524. The summed E-state index contributed by atoms with van der Waals surface area (Å²) in [6, 6.07) is 5.18. The summed E-state index contributed by atoms with van der Waals surface area (Å²) in [6.07, 6.45) is -0.409. The van der Waals surface area contributed by atoms with Gasteiger partial charge in [0.2, 0.25) is 5.79 Å². The molecule has 7 nitrogen and oxygen atoms in total. The Morgan fingerprint density at radius 1 is 1.04 bits per heavy atom. The summed E-state index contributed by atoms with van der Waals surface area (Å²) < 4.78 is 11.8. The first-order valence-electron chi connectivity index (χ1n) is 8.65. The Kier molecular flexibility index (Phi) is 3.07. The third-order valence-electron chi connectivity index (χ3n) is 5.47. The molecule has 3 unspecified atom stereocenters. The molecule has 2 aromatic rings. The second-order valence-electron chi connectivity index (χ2n) is 7.36. The molecule has 0 aromatic heterocycles. The highest BCUT2D eigenvalue weighted by molar-refractivity contribution is 6.29. The summed E-state index contributed by atoms with van der Waals surface area (Å²) in [7, 11) is 0. The Morgan fingerprint density at radius 2 is 1.78 bits per heavy atom. The third-order valence-corrected chi connectivity index (χ3v) is 5.47. The highest BCUT2D eigenvalue weighted by atomic mass is 16.7.